The van der Waals surface area contributed by atoms with Crippen molar-refractivity contribution < 1.29 is 10.0 Å². The van der Waals surface area contributed by atoms with Crippen molar-refractivity contribution in [1.82, 2.24) is 10.3 Å². The molecule has 0 bridgehead atoms. The highest BCUT2D eigenvalue weighted by Gasteiger charge is 2.17. The van der Waals surface area contributed by atoms with Gasteiger partial charge in [-0.05, 0) is 6.42 Å². The van der Waals surface area contributed by atoms with Crippen LogP contribution >= 0.6 is 0 Å². The third-order valence-electron chi connectivity index (χ3n) is 2.25. The van der Waals surface area contributed by atoms with Crippen LogP contribution in [-0.4, -0.2) is 28.0 Å². The van der Waals surface area contributed by atoms with Crippen LogP contribution in [0.1, 0.15) is 23.7 Å². The summed E-state index contributed by atoms with van der Waals surface area (Å²) < 4.78 is 0. The van der Waals surface area contributed by atoms with Gasteiger partial charge in [0.2, 0.25) is 0 Å². The average Bonchev–Trinajstić information content (AvgIpc) is 2.35. The Hall–Kier alpha value is -2.31. The number of oxime groups is 1. The molecule has 0 aliphatic rings. The van der Waals surface area contributed by atoms with Crippen molar-refractivity contribution in [2.24, 2.45) is 10.9 Å². The zero-order valence-electron chi connectivity index (χ0n) is 9.30. The van der Waals surface area contributed by atoms with Crippen LogP contribution in [0.15, 0.2) is 28.4 Å². The zero-order valence-corrected chi connectivity index (χ0v) is 9.30. The first-order valence-electron chi connectivity index (χ1n) is 5.05. The lowest BCUT2D eigenvalue weighted by Gasteiger charge is -2.14. The Morgan fingerprint density at radius 1 is 1.71 bits per heavy atom. The number of hydrogen-bond acceptors (Lipinski definition) is 4. The smallest absolute Gasteiger partial charge is 0.257 e. The third-order valence-corrected chi connectivity index (χ3v) is 2.25. The molecular formula is C10H14N4O3. The highest BCUT2D eigenvalue weighted by molar-refractivity contribution is 5.97. The Kier molecular flexibility index (Phi) is 4.27. The van der Waals surface area contributed by atoms with E-state index in [-0.39, 0.29) is 11.4 Å². The quantitative estimate of drug-likeness (QED) is 0.247. The van der Waals surface area contributed by atoms with Gasteiger partial charge in [0.25, 0.3) is 5.91 Å². The maximum Gasteiger partial charge on any atom is 0.257 e. The third kappa shape index (κ3) is 3.07. The molecule has 0 aromatic carbocycles. The fourth-order valence-electron chi connectivity index (χ4n) is 1.28. The fraction of sp³-hybridized carbons (Fsp3) is 0.300. The number of aromatic nitrogens is 1. The van der Waals surface area contributed by atoms with Gasteiger partial charge in [-0.15, -0.1) is 0 Å². The topological polar surface area (TPSA) is 121 Å². The second-order valence-corrected chi connectivity index (χ2v) is 3.38. The lowest BCUT2D eigenvalue weighted by atomic mass is 10.2. The molecule has 1 heterocycles. The second kappa shape index (κ2) is 5.69. The van der Waals surface area contributed by atoms with E-state index in [1.165, 1.54) is 18.5 Å². The Labute approximate surface area is 97.3 Å². The summed E-state index contributed by atoms with van der Waals surface area (Å²) in [7, 11) is 0. The number of H-pyrrole nitrogens is 1. The molecule has 17 heavy (non-hydrogen) atoms. The first-order valence-corrected chi connectivity index (χ1v) is 5.05. The minimum atomic E-state index is -0.605. The highest BCUT2D eigenvalue weighted by atomic mass is 16.4. The van der Waals surface area contributed by atoms with E-state index in [2.05, 4.69) is 15.5 Å². The van der Waals surface area contributed by atoms with Crippen LogP contribution in [0.4, 0.5) is 0 Å². The van der Waals surface area contributed by atoms with Crippen LogP contribution in [0.3, 0.4) is 0 Å². The van der Waals surface area contributed by atoms with Gasteiger partial charge in [0.15, 0.2) is 11.3 Å². The van der Waals surface area contributed by atoms with Gasteiger partial charge in [0, 0.05) is 18.5 Å². The summed E-state index contributed by atoms with van der Waals surface area (Å²) in [6, 6.07) is 0.645. The SMILES string of the molecule is CCC(NC(=O)c1c[nH]ccc1=O)/C(N)=N/O. The first-order chi connectivity index (χ1) is 8.10. The summed E-state index contributed by atoms with van der Waals surface area (Å²) in [5.41, 5.74) is 4.98. The highest BCUT2D eigenvalue weighted by Crippen LogP contribution is 1.95. The van der Waals surface area contributed by atoms with Gasteiger partial charge in [0.05, 0.1) is 6.04 Å². The molecule has 1 unspecified atom stereocenters. The second-order valence-electron chi connectivity index (χ2n) is 3.38. The van der Waals surface area contributed by atoms with Crippen molar-refractivity contribution in [2.75, 3.05) is 0 Å². The van der Waals surface area contributed by atoms with Crippen molar-refractivity contribution in [3.05, 3.63) is 34.2 Å². The van der Waals surface area contributed by atoms with E-state index in [9.17, 15) is 9.59 Å². The molecule has 92 valence electrons. The average molecular weight is 238 g/mol. The summed E-state index contributed by atoms with van der Waals surface area (Å²) >= 11 is 0. The van der Waals surface area contributed by atoms with Crippen LogP contribution < -0.4 is 16.5 Å². The van der Waals surface area contributed by atoms with Crippen molar-refractivity contribution >= 4 is 11.7 Å². The van der Waals surface area contributed by atoms with Gasteiger partial charge in [-0.2, -0.15) is 0 Å². The molecule has 1 atom stereocenters. The van der Waals surface area contributed by atoms with E-state index in [1.54, 1.807) is 6.92 Å². The Balaban J connectivity index is 2.86. The van der Waals surface area contributed by atoms with E-state index in [1.807, 2.05) is 0 Å². The van der Waals surface area contributed by atoms with Crippen LogP contribution in [0.2, 0.25) is 0 Å². The molecule has 1 aromatic rings. The summed E-state index contributed by atoms with van der Waals surface area (Å²) in [5, 5.41) is 13.8. The van der Waals surface area contributed by atoms with Gasteiger partial charge in [-0.3, -0.25) is 9.59 Å². The normalized spacial score (nSPS) is 13.1. The van der Waals surface area contributed by atoms with Crippen LogP contribution in [0.25, 0.3) is 0 Å². The van der Waals surface area contributed by atoms with E-state index >= 15 is 0 Å². The summed E-state index contributed by atoms with van der Waals surface area (Å²) in [6.45, 7) is 1.76. The summed E-state index contributed by atoms with van der Waals surface area (Å²) in [5.74, 6) is -0.668. The zero-order chi connectivity index (χ0) is 12.8. The molecule has 0 saturated carbocycles. The number of carbonyl (C=O) groups excluding carboxylic acids is 1. The molecule has 1 amide bonds. The van der Waals surface area contributed by atoms with E-state index in [0.29, 0.717) is 6.42 Å². The molecule has 0 saturated heterocycles. The lowest BCUT2D eigenvalue weighted by Crippen LogP contribution is -2.45. The van der Waals surface area contributed by atoms with E-state index in [4.69, 9.17) is 10.9 Å². The molecule has 1 aromatic heterocycles. The molecule has 0 radical (unpaired) electrons. The van der Waals surface area contributed by atoms with Crippen molar-refractivity contribution in [1.29, 1.82) is 0 Å². The molecular weight excluding hydrogens is 224 g/mol. The summed E-state index contributed by atoms with van der Waals surface area (Å²) in [6.07, 6.45) is 3.18. The van der Waals surface area contributed by atoms with Crippen molar-refractivity contribution in [2.45, 2.75) is 19.4 Å². The predicted octanol–water partition coefficient (Wildman–Crippen LogP) is -0.370. The van der Waals surface area contributed by atoms with E-state index in [0.717, 1.165) is 0 Å². The maximum atomic E-state index is 11.7. The standard InChI is InChI=1S/C10H14N4O3/c1-2-7(9(11)14-17)13-10(16)6-5-12-4-3-8(6)15/h3-5,7,17H,2H2,1H3,(H2,11,14)(H,12,15)(H,13,16). The molecule has 5 N–H and O–H groups in total. The van der Waals surface area contributed by atoms with Gasteiger partial charge in [-0.1, -0.05) is 12.1 Å². The van der Waals surface area contributed by atoms with Gasteiger partial charge in [0.1, 0.15) is 5.56 Å². The Bertz CT molecular complexity index is 480. The fourth-order valence-corrected chi connectivity index (χ4v) is 1.28. The molecule has 1 rings (SSSR count). The molecule has 0 aliphatic heterocycles. The number of rotatable bonds is 4. The molecule has 0 spiro atoms. The largest absolute Gasteiger partial charge is 0.409 e. The van der Waals surface area contributed by atoms with Crippen molar-refractivity contribution in [3.8, 4) is 0 Å². The van der Waals surface area contributed by atoms with Gasteiger partial charge in [-0.25, -0.2) is 0 Å². The number of amidine groups is 1. The molecule has 0 aliphatic carbocycles. The predicted molar refractivity (Wildman–Crippen MR) is 62.0 cm³/mol. The number of nitrogens with zero attached hydrogens (tertiary/aromatic N) is 1. The Morgan fingerprint density at radius 3 is 2.94 bits per heavy atom. The molecule has 7 nitrogen and oxygen atoms in total. The Morgan fingerprint density at radius 2 is 2.41 bits per heavy atom. The van der Waals surface area contributed by atoms with Crippen LogP contribution in [-0.2, 0) is 0 Å². The van der Waals surface area contributed by atoms with Gasteiger partial charge >= 0.3 is 0 Å². The minimum Gasteiger partial charge on any atom is -0.409 e. The van der Waals surface area contributed by atoms with Crippen molar-refractivity contribution in [3.63, 3.8) is 0 Å². The molecule has 0 fully saturated rings. The number of carbonyl (C=O) groups is 1. The number of amides is 1. The molecule has 7 heteroatoms. The number of hydrogen-bond donors (Lipinski definition) is 4. The summed E-state index contributed by atoms with van der Waals surface area (Å²) in [4.78, 5) is 25.8. The minimum absolute atomic E-state index is 0.0170. The lowest BCUT2D eigenvalue weighted by molar-refractivity contribution is 0.0944. The van der Waals surface area contributed by atoms with E-state index < -0.39 is 17.4 Å². The number of pyridine rings is 1. The maximum absolute atomic E-state index is 11.7. The number of nitrogens with one attached hydrogen (secondary N) is 2. The first kappa shape index (κ1) is 12.8. The van der Waals surface area contributed by atoms with Gasteiger partial charge < -0.3 is 21.2 Å². The number of nitrogens with two attached hydrogens (primary N) is 1. The van der Waals surface area contributed by atoms with Crippen LogP contribution in [0.5, 0.6) is 0 Å². The number of aromatic amines is 1. The van der Waals surface area contributed by atoms with Crippen LogP contribution in [0, 0.1) is 0 Å². The monoisotopic (exact) mass is 238 g/mol.